The largest absolute Gasteiger partial charge is 0.279 e. The fraction of sp³-hybridized carbons (Fsp3) is 0.500. The summed E-state index contributed by atoms with van der Waals surface area (Å²) < 4.78 is 26.0. The van der Waals surface area contributed by atoms with Crippen LogP contribution in [0, 0.1) is 24.2 Å². The van der Waals surface area contributed by atoms with E-state index in [0.717, 1.165) is 0 Å². The van der Waals surface area contributed by atoms with Crippen LogP contribution in [0.5, 0.6) is 0 Å². The molecule has 12 heavy (non-hydrogen) atoms. The van der Waals surface area contributed by atoms with Crippen molar-refractivity contribution in [3.8, 4) is 24.2 Å². The van der Waals surface area contributed by atoms with Gasteiger partial charge in [0.2, 0.25) is 0 Å². The predicted octanol–water partition coefficient (Wildman–Crippen LogP) is 0.379. The molecule has 0 unspecified atom stereocenters. The fourth-order valence-electron chi connectivity index (χ4n) is 0.439. The van der Waals surface area contributed by atoms with E-state index in [1.807, 2.05) is 12.8 Å². The molecule has 0 aromatic carbocycles. The van der Waals surface area contributed by atoms with Crippen LogP contribution in [0.3, 0.4) is 0 Å². The number of hydrogen-bond donors (Lipinski definition) is 0. The second-order valence-electron chi connectivity index (χ2n) is 1.88. The Morgan fingerprint density at radius 3 is 2.58 bits per heavy atom. The molecule has 0 saturated carbocycles. The zero-order valence-electron chi connectivity index (χ0n) is 6.83. The highest BCUT2D eigenvalue weighted by atomic mass is 32.2. The molecule has 0 aliphatic carbocycles. The molecule has 0 aliphatic rings. The van der Waals surface area contributed by atoms with Gasteiger partial charge in [0.05, 0.1) is 0 Å². The molecular weight excluding hydrogens is 176 g/mol. The summed E-state index contributed by atoms with van der Waals surface area (Å²) in [6.07, 6.45) is 5.48. The van der Waals surface area contributed by atoms with Gasteiger partial charge in [-0.3, -0.25) is 4.18 Å². The third-order valence-corrected chi connectivity index (χ3v) is 1.87. The van der Waals surface area contributed by atoms with Crippen molar-refractivity contribution in [1.82, 2.24) is 0 Å². The second-order valence-corrected chi connectivity index (χ2v) is 3.52. The van der Waals surface area contributed by atoms with Crippen molar-refractivity contribution in [3.05, 3.63) is 0 Å². The maximum absolute atomic E-state index is 10.8. The molecular formula is C8H10O3S. The molecule has 0 rings (SSSR count). The van der Waals surface area contributed by atoms with Crippen LogP contribution in [0.15, 0.2) is 0 Å². The van der Waals surface area contributed by atoms with Crippen molar-refractivity contribution in [1.29, 1.82) is 0 Å². The summed E-state index contributed by atoms with van der Waals surface area (Å²) in [4.78, 5) is 0. The smallest absolute Gasteiger partial charge is 0.256 e. The van der Waals surface area contributed by atoms with Gasteiger partial charge < -0.3 is 0 Å². The average molecular weight is 186 g/mol. The van der Waals surface area contributed by atoms with Crippen LogP contribution in [0.2, 0.25) is 0 Å². The molecule has 0 spiro atoms. The molecule has 0 fully saturated rings. The summed E-state index contributed by atoms with van der Waals surface area (Å²) in [6, 6.07) is 0. The molecule has 3 nitrogen and oxygen atoms in total. The minimum absolute atomic E-state index is 0.113. The highest BCUT2D eigenvalue weighted by molar-refractivity contribution is 7.86. The highest BCUT2D eigenvalue weighted by Gasteiger charge is 2.06. The van der Waals surface area contributed by atoms with Gasteiger partial charge in [0.25, 0.3) is 10.1 Å². The Kier molecular flexibility index (Phi) is 5.19. The Balaban J connectivity index is 3.87. The van der Waals surface area contributed by atoms with Crippen molar-refractivity contribution in [3.63, 3.8) is 0 Å². The lowest BCUT2D eigenvalue weighted by atomic mass is 10.5. The van der Waals surface area contributed by atoms with Crippen LogP contribution in [-0.2, 0) is 14.3 Å². The summed E-state index contributed by atoms with van der Waals surface area (Å²) in [5.41, 5.74) is 0. The van der Waals surface area contributed by atoms with E-state index in [2.05, 4.69) is 16.0 Å². The Bertz CT molecular complexity index is 310. The summed E-state index contributed by atoms with van der Waals surface area (Å²) in [5, 5.41) is 0. The fourth-order valence-corrected chi connectivity index (χ4v) is 0.965. The molecule has 0 radical (unpaired) electrons. The maximum Gasteiger partial charge on any atom is 0.279 e. The van der Waals surface area contributed by atoms with Gasteiger partial charge in [-0.25, -0.2) is 0 Å². The number of rotatable bonds is 3. The van der Waals surface area contributed by atoms with Crippen LogP contribution < -0.4 is 0 Å². The van der Waals surface area contributed by atoms with Gasteiger partial charge in [0.15, 0.2) is 0 Å². The van der Waals surface area contributed by atoms with E-state index in [1.165, 1.54) is 0 Å². The molecule has 0 amide bonds. The van der Waals surface area contributed by atoms with E-state index in [4.69, 9.17) is 6.42 Å². The van der Waals surface area contributed by atoms with Gasteiger partial charge in [-0.1, -0.05) is 18.8 Å². The van der Waals surface area contributed by atoms with E-state index >= 15 is 0 Å². The van der Waals surface area contributed by atoms with Gasteiger partial charge in [-0.05, 0) is 0 Å². The van der Waals surface area contributed by atoms with E-state index < -0.39 is 15.9 Å². The molecule has 4 heteroatoms. The van der Waals surface area contributed by atoms with Crippen LogP contribution in [0.4, 0.5) is 0 Å². The number of terminal acetylenes is 1. The first-order valence-corrected chi connectivity index (χ1v) is 4.96. The number of hydrogen-bond acceptors (Lipinski definition) is 3. The van der Waals surface area contributed by atoms with Crippen molar-refractivity contribution in [2.24, 2.45) is 0 Å². The van der Waals surface area contributed by atoms with Crippen LogP contribution in [0.25, 0.3) is 0 Å². The molecule has 0 N–H and O–H groups in total. The van der Waals surface area contributed by atoms with Gasteiger partial charge >= 0.3 is 0 Å². The average Bonchev–Trinajstić information content (AvgIpc) is 1.98. The Morgan fingerprint density at radius 1 is 1.42 bits per heavy atom. The summed E-state index contributed by atoms with van der Waals surface area (Å²) in [5.74, 6) is 6.79. The molecule has 0 aromatic heterocycles. The SMILES string of the molecule is C#CCS(=O)(=O)OCC#CCC. The lowest BCUT2D eigenvalue weighted by Crippen LogP contribution is -2.09. The maximum atomic E-state index is 10.8. The standard InChI is InChI=1S/C8H10O3S/c1-3-5-6-7-11-12(9,10)8-4-2/h2H,3,7-8H2,1H3. The van der Waals surface area contributed by atoms with Gasteiger partial charge in [-0.2, -0.15) is 8.42 Å². The Labute approximate surface area is 73.2 Å². The topological polar surface area (TPSA) is 43.4 Å². The summed E-state index contributed by atoms with van der Waals surface area (Å²) in [6.45, 7) is 1.75. The predicted molar refractivity (Wildman–Crippen MR) is 46.6 cm³/mol. The Hall–Kier alpha value is -0.970. The zero-order valence-corrected chi connectivity index (χ0v) is 7.65. The monoisotopic (exact) mass is 186 g/mol. The summed E-state index contributed by atoms with van der Waals surface area (Å²) >= 11 is 0. The lowest BCUT2D eigenvalue weighted by Gasteiger charge is -1.95. The third kappa shape index (κ3) is 5.79. The van der Waals surface area contributed by atoms with Crippen LogP contribution in [0.1, 0.15) is 13.3 Å². The summed E-state index contributed by atoms with van der Waals surface area (Å²) in [7, 11) is -3.55. The van der Waals surface area contributed by atoms with Crippen molar-refractivity contribution < 1.29 is 12.6 Å². The van der Waals surface area contributed by atoms with Crippen molar-refractivity contribution in [2.45, 2.75) is 13.3 Å². The quantitative estimate of drug-likeness (QED) is 0.472. The first kappa shape index (κ1) is 11.0. The second kappa shape index (κ2) is 5.65. The van der Waals surface area contributed by atoms with E-state index in [0.29, 0.717) is 6.42 Å². The molecule has 0 aliphatic heterocycles. The molecule has 0 saturated heterocycles. The molecule has 0 bridgehead atoms. The molecule has 66 valence electrons. The van der Waals surface area contributed by atoms with Gasteiger partial charge in [-0.15, -0.1) is 12.3 Å². The third-order valence-electron chi connectivity index (χ3n) is 0.873. The Morgan fingerprint density at radius 2 is 2.08 bits per heavy atom. The van der Waals surface area contributed by atoms with E-state index in [1.54, 1.807) is 0 Å². The molecule has 0 aromatic rings. The lowest BCUT2D eigenvalue weighted by molar-refractivity contribution is 0.365. The normalized spacial score (nSPS) is 9.67. The minimum atomic E-state index is -3.55. The van der Waals surface area contributed by atoms with E-state index in [-0.39, 0.29) is 6.61 Å². The molecule has 0 heterocycles. The first-order valence-electron chi connectivity index (χ1n) is 3.38. The van der Waals surface area contributed by atoms with E-state index in [9.17, 15) is 8.42 Å². The molecule has 0 atom stereocenters. The highest BCUT2D eigenvalue weighted by Crippen LogP contribution is 1.90. The first-order chi connectivity index (χ1) is 5.62. The van der Waals surface area contributed by atoms with Crippen molar-refractivity contribution >= 4 is 10.1 Å². The van der Waals surface area contributed by atoms with Crippen LogP contribution in [-0.4, -0.2) is 20.8 Å². The van der Waals surface area contributed by atoms with Crippen LogP contribution >= 0.6 is 0 Å². The minimum Gasteiger partial charge on any atom is -0.256 e. The zero-order chi connectivity index (χ0) is 9.45. The van der Waals surface area contributed by atoms with Gasteiger partial charge in [0.1, 0.15) is 12.4 Å². The van der Waals surface area contributed by atoms with Gasteiger partial charge in [0, 0.05) is 6.42 Å². The van der Waals surface area contributed by atoms with Crippen molar-refractivity contribution in [2.75, 3.05) is 12.4 Å².